The predicted molar refractivity (Wildman–Crippen MR) is 102 cm³/mol. The van der Waals surface area contributed by atoms with Crippen molar-refractivity contribution in [3.63, 3.8) is 0 Å². The Morgan fingerprint density at radius 2 is 2.00 bits per heavy atom. The van der Waals surface area contributed by atoms with E-state index in [1.165, 1.54) is 11.3 Å². The summed E-state index contributed by atoms with van der Waals surface area (Å²) in [6.07, 6.45) is 1.75. The first-order valence-electron chi connectivity index (χ1n) is 8.46. The van der Waals surface area contributed by atoms with E-state index in [0.717, 1.165) is 10.6 Å². The molecule has 1 atom stereocenters. The minimum absolute atomic E-state index is 0.0815. The largest absolute Gasteiger partial charge is 0.389 e. The zero-order chi connectivity index (χ0) is 18.4. The number of carbonyl (C=O) groups is 1. The fraction of sp³-hybridized carbons (Fsp3) is 0.474. The van der Waals surface area contributed by atoms with Crippen LogP contribution in [0, 0.1) is 0 Å². The van der Waals surface area contributed by atoms with E-state index in [4.69, 9.17) is 0 Å². The molecule has 2 aromatic rings. The molecule has 2 rings (SSSR count). The van der Waals surface area contributed by atoms with E-state index in [0.29, 0.717) is 6.54 Å². The van der Waals surface area contributed by atoms with E-state index in [2.05, 4.69) is 10.3 Å². The molecule has 0 saturated heterocycles. The van der Waals surface area contributed by atoms with E-state index in [1.807, 2.05) is 54.5 Å². The van der Waals surface area contributed by atoms with Crippen molar-refractivity contribution in [2.24, 2.45) is 0 Å². The molecular formula is C19H27N3O2S. The standard InChI is InChI=1S/C19H27N3O2S/c1-14(2)22(13-19(3,4)24)12-16(23)21-17(18-20-10-11-25-18)15-8-6-5-7-9-15/h5-11,14,17,24H,12-13H2,1-4H3,(H,21,23)/t17-/m0/s1. The molecule has 136 valence electrons. The molecule has 0 aliphatic carbocycles. The van der Waals surface area contributed by atoms with Gasteiger partial charge in [0.2, 0.25) is 5.91 Å². The van der Waals surface area contributed by atoms with Crippen LogP contribution in [0.15, 0.2) is 41.9 Å². The zero-order valence-electron chi connectivity index (χ0n) is 15.3. The molecule has 6 heteroatoms. The molecule has 0 aliphatic rings. The molecule has 0 fully saturated rings. The van der Waals surface area contributed by atoms with Crippen molar-refractivity contribution in [2.45, 2.75) is 45.4 Å². The highest BCUT2D eigenvalue weighted by atomic mass is 32.1. The summed E-state index contributed by atoms with van der Waals surface area (Å²) in [5.74, 6) is -0.0815. The number of carbonyl (C=O) groups excluding carboxylic acids is 1. The van der Waals surface area contributed by atoms with Crippen molar-refractivity contribution in [1.82, 2.24) is 15.2 Å². The Labute approximate surface area is 153 Å². The van der Waals surface area contributed by atoms with Crippen molar-refractivity contribution in [3.8, 4) is 0 Å². The van der Waals surface area contributed by atoms with Crippen LogP contribution < -0.4 is 5.32 Å². The molecule has 5 nitrogen and oxygen atoms in total. The van der Waals surface area contributed by atoms with Gasteiger partial charge in [-0.3, -0.25) is 9.69 Å². The fourth-order valence-corrected chi connectivity index (χ4v) is 3.33. The van der Waals surface area contributed by atoms with Crippen molar-refractivity contribution in [3.05, 3.63) is 52.5 Å². The predicted octanol–water partition coefficient (Wildman–Crippen LogP) is 2.83. The number of nitrogens with one attached hydrogen (secondary N) is 1. The van der Waals surface area contributed by atoms with Gasteiger partial charge >= 0.3 is 0 Å². The van der Waals surface area contributed by atoms with Crippen LogP contribution in [0.3, 0.4) is 0 Å². The maximum Gasteiger partial charge on any atom is 0.235 e. The summed E-state index contributed by atoms with van der Waals surface area (Å²) < 4.78 is 0. The molecule has 0 saturated carbocycles. The van der Waals surface area contributed by atoms with Crippen LogP contribution in [0.1, 0.15) is 44.3 Å². The number of aromatic nitrogens is 1. The maximum atomic E-state index is 12.7. The molecule has 0 radical (unpaired) electrons. The number of thiazole rings is 1. The van der Waals surface area contributed by atoms with Gasteiger partial charge in [0.15, 0.2) is 0 Å². The smallest absolute Gasteiger partial charge is 0.235 e. The highest BCUT2D eigenvalue weighted by Crippen LogP contribution is 2.23. The Morgan fingerprint density at radius 1 is 1.32 bits per heavy atom. The summed E-state index contributed by atoms with van der Waals surface area (Å²) >= 11 is 1.52. The second kappa shape index (κ2) is 8.56. The molecule has 2 N–H and O–H groups in total. The van der Waals surface area contributed by atoms with Gasteiger partial charge in [-0.1, -0.05) is 30.3 Å². The lowest BCUT2D eigenvalue weighted by Gasteiger charge is -2.32. The summed E-state index contributed by atoms with van der Waals surface area (Å²) in [5, 5.41) is 15.9. The number of nitrogens with zero attached hydrogens (tertiary/aromatic N) is 2. The third-order valence-corrected chi connectivity index (χ3v) is 4.64. The van der Waals surface area contributed by atoms with Crippen molar-refractivity contribution in [2.75, 3.05) is 13.1 Å². The van der Waals surface area contributed by atoms with Gasteiger partial charge in [0.25, 0.3) is 0 Å². The van der Waals surface area contributed by atoms with Gasteiger partial charge in [-0.2, -0.15) is 0 Å². The maximum absolute atomic E-state index is 12.7. The first-order valence-corrected chi connectivity index (χ1v) is 9.34. The zero-order valence-corrected chi connectivity index (χ0v) is 16.1. The van der Waals surface area contributed by atoms with Crippen LogP contribution in [0.2, 0.25) is 0 Å². The van der Waals surface area contributed by atoms with Gasteiger partial charge in [-0.05, 0) is 33.3 Å². The first-order chi connectivity index (χ1) is 11.8. The van der Waals surface area contributed by atoms with Crippen LogP contribution in [0.5, 0.6) is 0 Å². The van der Waals surface area contributed by atoms with Crippen LogP contribution in [-0.4, -0.2) is 45.6 Å². The number of rotatable bonds is 8. The van der Waals surface area contributed by atoms with Crippen molar-refractivity contribution < 1.29 is 9.90 Å². The summed E-state index contributed by atoms with van der Waals surface area (Å²) in [5.41, 5.74) is 0.156. The molecule has 0 aliphatic heterocycles. The number of aliphatic hydroxyl groups is 1. The Kier molecular flexibility index (Phi) is 6.70. The Hall–Kier alpha value is -1.76. The molecule has 0 unspecified atom stereocenters. The second-order valence-corrected chi connectivity index (χ2v) is 8.02. The van der Waals surface area contributed by atoms with E-state index in [-0.39, 0.29) is 24.5 Å². The van der Waals surface area contributed by atoms with E-state index < -0.39 is 5.60 Å². The summed E-state index contributed by atoms with van der Waals surface area (Å²) in [4.78, 5) is 19.0. The van der Waals surface area contributed by atoms with E-state index in [9.17, 15) is 9.90 Å². The van der Waals surface area contributed by atoms with Gasteiger partial charge in [-0.15, -0.1) is 11.3 Å². The monoisotopic (exact) mass is 361 g/mol. The van der Waals surface area contributed by atoms with Crippen LogP contribution >= 0.6 is 11.3 Å². The van der Waals surface area contributed by atoms with Crippen LogP contribution in [0.25, 0.3) is 0 Å². The Morgan fingerprint density at radius 3 is 2.52 bits per heavy atom. The van der Waals surface area contributed by atoms with Gasteiger partial charge in [0, 0.05) is 24.2 Å². The summed E-state index contributed by atoms with van der Waals surface area (Å²) in [6, 6.07) is 9.74. The van der Waals surface area contributed by atoms with Gasteiger partial charge in [-0.25, -0.2) is 4.98 Å². The van der Waals surface area contributed by atoms with Crippen LogP contribution in [0.4, 0.5) is 0 Å². The molecule has 25 heavy (non-hydrogen) atoms. The summed E-state index contributed by atoms with van der Waals surface area (Å²) in [7, 11) is 0. The molecular weight excluding hydrogens is 334 g/mol. The third-order valence-electron chi connectivity index (χ3n) is 3.80. The van der Waals surface area contributed by atoms with Crippen molar-refractivity contribution >= 4 is 17.2 Å². The second-order valence-electron chi connectivity index (χ2n) is 7.09. The van der Waals surface area contributed by atoms with Gasteiger partial charge < -0.3 is 10.4 Å². The Balaban J connectivity index is 2.12. The van der Waals surface area contributed by atoms with Crippen molar-refractivity contribution in [1.29, 1.82) is 0 Å². The molecule has 1 amide bonds. The average Bonchev–Trinajstić information content (AvgIpc) is 3.05. The lowest BCUT2D eigenvalue weighted by Crippen LogP contribution is -2.47. The van der Waals surface area contributed by atoms with Gasteiger partial charge in [0.1, 0.15) is 11.0 Å². The molecule has 0 bridgehead atoms. The Bertz CT molecular complexity index is 651. The van der Waals surface area contributed by atoms with Crippen LogP contribution in [-0.2, 0) is 4.79 Å². The average molecular weight is 362 g/mol. The number of hydrogen-bond donors (Lipinski definition) is 2. The normalized spacial score (nSPS) is 13.2. The third kappa shape index (κ3) is 6.23. The molecule has 0 spiro atoms. The number of hydrogen-bond acceptors (Lipinski definition) is 5. The first kappa shape index (κ1) is 19.6. The fourth-order valence-electron chi connectivity index (χ4n) is 2.62. The lowest BCUT2D eigenvalue weighted by molar-refractivity contribution is -0.124. The number of benzene rings is 1. The minimum atomic E-state index is -0.849. The minimum Gasteiger partial charge on any atom is -0.389 e. The molecule has 1 aromatic carbocycles. The van der Waals surface area contributed by atoms with E-state index in [1.54, 1.807) is 20.0 Å². The lowest BCUT2D eigenvalue weighted by atomic mass is 10.1. The highest BCUT2D eigenvalue weighted by molar-refractivity contribution is 7.09. The quantitative estimate of drug-likeness (QED) is 0.759. The molecule has 1 aromatic heterocycles. The van der Waals surface area contributed by atoms with Gasteiger partial charge in [0.05, 0.1) is 12.1 Å². The van der Waals surface area contributed by atoms with E-state index >= 15 is 0 Å². The summed E-state index contributed by atoms with van der Waals surface area (Å²) in [6.45, 7) is 8.22. The topological polar surface area (TPSA) is 65.5 Å². The highest BCUT2D eigenvalue weighted by Gasteiger charge is 2.25. The number of amides is 1. The SMILES string of the molecule is CC(C)N(CC(=O)N[C@@H](c1ccccc1)c1nccs1)CC(C)(C)O. The molecule has 1 heterocycles.